The Kier molecular flexibility index (Phi) is 10.7. The largest absolute Gasteiger partial charge is 0.466 e. The summed E-state index contributed by atoms with van der Waals surface area (Å²) in [4.78, 5) is 28.4. The molecule has 1 aliphatic carbocycles. The number of esters is 1. The third-order valence-corrected chi connectivity index (χ3v) is 8.19. The summed E-state index contributed by atoms with van der Waals surface area (Å²) >= 11 is 0. The number of likely N-dealkylation sites (N-methyl/N-ethyl adjacent to an activating group) is 1. The third kappa shape index (κ3) is 7.61. The highest BCUT2D eigenvalue weighted by molar-refractivity contribution is 5.94. The second-order valence-electron chi connectivity index (χ2n) is 11.1. The van der Waals surface area contributed by atoms with Gasteiger partial charge in [-0.05, 0) is 75.1 Å². The van der Waals surface area contributed by atoms with Gasteiger partial charge in [0, 0.05) is 62.2 Å². The van der Waals surface area contributed by atoms with E-state index in [9.17, 15) is 9.59 Å². The van der Waals surface area contributed by atoms with Crippen LogP contribution in [0.25, 0.3) is 11.0 Å². The average Bonchev–Trinajstić information content (AvgIpc) is 3.33. The van der Waals surface area contributed by atoms with Gasteiger partial charge in [0.1, 0.15) is 11.3 Å². The minimum absolute atomic E-state index is 0.0335. The number of hydrogen-bond donors (Lipinski definition) is 1. The quantitative estimate of drug-likeness (QED) is 0.235. The van der Waals surface area contributed by atoms with Crippen molar-refractivity contribution in [1.29, 1.82) is 0 Å². The van der Waals surface area contributed by atoms with Crippen molar-refractivity contribution in [1.82, 2.24) is 4.90 Å². The molecule has 1 saturated carbocycles. The summed E-state index contributed by atoms with van der Waals surface area (Å²) in [6.45, 7) is 6.08. The number of anilines is 2. The number of hydrogen-bond acceptors (Lipinski definition) is 7. The first-order valence-electron chi connectivity index (χ1n) is 14.8. The van der Waals surface area contributed by atoms with Crippen LogP contribution in [0.15, 0.2) is 46.9 Å². The van der Waals surface area contributed by atoms with Crippen molar-refractivity contribution in [2.24, 2.45) is 5.92 Å². The smallest absolute Gasteiger partial charge is 0.307 e. The van der Waals surface area contributed by atoms with Crippen molar-refractivity contribution in [3.63, 3.8) is 0 Å². The summed E-state index contributed by atoms with van der Waals surface area (Å²) in [7, 11) is 5.51. The monoisotopic (exact) mass is 563 g/mol. The van der Waals surface area contributed by atoms with Gasteiger partial charge < -0.3 is 29.0 Å². The molecule has 0 spiro atoms. The molecule has 1 N–H and O–H groups in total. The van der Waals surface area contributed by atoms with Crippen LogP contribution in [0.4, 0.5) is 11.4 Å². The summed E-state index contributed by atoms with van der Waals surface area (Å²) < 4.78 is 16.8. The third-order valence-electron chi connectivity index (χ3n) is 8.19. The van der Waals surface area contributed by atoms with Gasteiger partial charge in [0.15, 0.2) is 0 Å². The number of methoxy groups -OCH3 is 1. The number of fused-ring (bicyclic) bond motifs is 1. The van der Waals surface area contributed by atoms with Crippen LogP contribution in [0.5, 0.6) is 0 Å². The van der Waals surface area contributed by atoms with E-state index in [1.54, 1.807) is 26.0 Å². The van der Waals surface area contributed by atoms with E-state index < -0.39 is 0 Å². The maximum absolute atomic E-state index is 12.9. The highest BCUT2D eigenvalue weighted by atomic mass is 16.5. The van der Waals surface area contributed by atoms with Crippen LogP contribution >= 0.6 is 0 Å². The molecule has 41 heavy (non-hydrogen) atoms. The predicted octanol–water partition coefficient (Wildman–Crippen LogP) is 6.58. The van der Waals surface area contributed by atoms with Crippen molar-refractivity contribution in [3.05, 3.63) is 59.4 Å². The Morgan fingerprint density at radius 2 is 1.78 bits per heavy atom. The normalized spacial score (nSPS) is 14.6. The summed E-state index contributed by atoms with van der Waals surface area (Å²) in [5.41, 5.74) is 4.74. The minimum atomic E-state index is -0.296. The Morgan fingerprint density at radius 1 is 1.05 bits per heavy atom. The summed E-state index contributed by atoms with van der Waals surface area (Å²) in [5, 5.41) is 4.91. The van der Waals surface area contributed by atoms with E-state index >= 15 is 0 Å². The molecule has 3 aromatic rings. The SMILES string of the molecule is CCOC(=O)CCN(C)C(=O)c1ccc(NC(c2oc3ccc(N(C)CCOC)cc3c2C)C2CCCCC2)cc1. The highest BCUT2D eigenvalue weighted by Gasteiger charge is 2.30. The Balaban J connectivity index is 1.54. The molecule has 2 aromatic carbocycles. The van der Waals surface area contributed by atoms with Gasteiger partial charge in [-0.2, -0.15) is 0 Å². The van der Waals surface area contributed by atoms with Gasteiger partial charge in [0.05, 0.1) is 25.7 Å². The van der Waals surface area contributed by atoms with E-state index in [0.29, 0.717) is 31.2 Å². The molecule has 1 amide bonds. The zero-order chi connectivity index (χ0) is 29.4. The fourth-order valence-corrected chi connectivity index (χ4v) is 5.69. The number of nitrogens with one attached hydrogen (secondary N) is 1. The zero-order valence-corrected chi connectivity index (χ0v) is 25.2. The van der Waals surface area contributed by atoms with Gasteiger partial charge in [-0.3, -0.25) is 9.59 Å². The lowest BCUT2D eigenvalue weighted by Crippen LogP contribution is -2.29. The van der Waals surface area contributed by atoms with Crippen LogP contribution in [-0.2, 0) is 14.3 Å². The molecule has 8 heteroatoms. The first-order valence-corrected chi connectivity index (χ1v) is 14.8. The van der Waals surface area contributed by atoms with E-state index in [0.717, 1.165) is 47.5 Å². The van der Waals surface area contributed by atoms with Gasteiger partial charge in [-0.25, -0.2) is 0 Å². The van der Waals surface area contributed by atoms with Gasteiger partial charge >= 0.3 is 5.97 Å². The highest BCUT2D eigenvalue weighted by Crippen LogP contribution is 2.41. The van der Waals surface area contributed by atoms with E-state index in [2.05, 4.69) is 42.4 Å². The van der Waals surface area contributed by atoms with E-state index in [4.69, 9.17) is 13.9 Å². The average molecular weight is 564 g/mol. The molecule has 0 bridgehead atoms. The predicted molar refractivity (Wildman–Crippen MR) is 164 cm³/mol. The van der Waals surface area contributed by atoms with Crippen molar-refractivity contribution in [3.8, 4) is 0 Å². The lowest BCUT2D eigenvalue weighted by atomic mass is 9.82. The van der Waals surface area contributed by atoms with Crippen molar-refractivity contribution in [2.45, 2.75) is 58.4 Å². The second kappa shape index (κ2) is 14.4. The Bertz CT molecular complexity index is 1300. The van der Waals surface area contributed by atoms with Gasteiger partial charge in [-0.1, -0.05) is 19.3 Å². The van der Waals surface area contributed by atoms with Crippen molar-refractivity contribution < 1.29 is 23.5 Å². The summed E-state index contributed by atoms with van der Waals surface area (Å²) in [5.74, 6) is 1.03. The van der Waals surface area contributed by atoms with Crippen LogP contribution in [-0.4, -0.2) is 64.3 Å². The molecule has 1 atom stereocenters. The molecule has 1 aliphatic rings. The van der Waals surface area contributed by atoms with Crippen LogP contribution in [0.1, 0.15) is 73.2 Å². The zero-order valence-electron chi connectivity index (χ0n) is 25.2. The van der Waals surface area contributed by atoms with Gasteiger partial charge in [0.2, 0.25) is 0 Å². The fourth-order valence-electron chi connectivity index (χ4n) is 5.69. The standard InChI is InChI=1S/C33H45N3O5/c1-6-40-30(37)18-19-36(4)33(38)25-12-14-26(15-13-25)34-31(24-10-8-7-9-11-24)32-23(2)28-22-27(16-17-29(28)41-32)35(3)20-21-39-5/h12-17,22,24,31,34H,6-11,18-21H2,1-5H3. The lowest BCUT2D eigenvalue weighted by molar-refractivity contribution is -0.143. The first-order chi connectivity index (χ1) is 19.8. The Labute approximate surface area is 244 Å². The Morgan fingerprint density at radius 3 is 2.46 bits per heavy atom. The van der Waals surface area contributed by atoms with Gasteiger partial charge in [0.25, 0.3) is 5.91 Å². The number of amides is 1. The second-order valence-corrected chi connectivity index (χ2v) is 11.1. The lowest BCUT2D eigenvalue weighted by Gasteiger charge is -2.31. The molecule has 4 rings (SSSR count). The first kappa shape index (κ1) is 30.4. The maximum atomic E-state index is 12.9. The number of rotatable bonds is 13. The van der Waals surface area contributed by atoms with E-state index in [-0.39, 0.29) is 24.3 Å². The number of aryl methyl sites for hydroxylation is 1. The fraction of sp³-hybridized carbons (Fsp3) is 0.515. The van der Waals surface area contributed by atoms with Crippen LogP contribution in [0.3, 0.4) is 0 Å². The van der Waals surface area contributed by atoms with E-state index in [1.807, 2.05) is 24.3 Å². The maximum Gasteiger partial charge on any atom is 0.307 e. The molecule has 1 aromatic heterocycles. The van der Waals surface area contributed by atoms with Crippen LogP contribution in [0.2, 0.25) is 0 Å². The molecule has 1 fully saturated rings. The molecule has 0 radical (unpaired) electrons. The number of nitrogens with zero attached hydrogens (tertiary/aromatic N) is 2. The molecule has 0 saturated heterocycles. The molecular weight excluding hydrogens is 518 g/mol. The van der Waals surface area contributed by atoms with Gasteiger partial charge in [-0.15, -0.1) is 0 Å². The van der Waals surface area contributed by atoms with E-state index in [1.165, 1.54) is 24.8 Å². The molecule has 8 nitrogen and oxygen atoms in total. The molecule has 1 unspecified atom stereocenters. The van der Waals surface area contributed by atoms with Crippen LogP contribution in [0, 0.1) is 12.8 Å². The van der Waals surface area contributed by atoms with Crippen LogP contribution < -0.4 is 10.2 Å². The number of carbonyl (C=O) groups is 2. The molecule has 222 valence electrons. The van der Waals surface area contributed by atoms with Crippen molar-refractivity contribution >= 4 is 34.2 Å². The Hall–Kier alpha value is -3.52. The summed E-state index contributed by atoms with van der Waals surface area (Å²) in [6, 6.07) is 14.0. The minimum Gasteiger partial charge on any atom is -0.466 e. The molecule has 0 aliphatic heterocycles. The number of benzene rings is 2. The summed E-state index contributed by atoms with van der Waals surface area (Å²) in [6.07, 6.45) is 6.22. The number of carbonyl (C=O) groups excluding carboxylic acids is 2. The number of ether oxygens (including phenoxy) is 2. The topological polar surface area (TPSA) is 84.2 Å². The molecule has 1 heterocycles. The van der Waals surface area contributed by atoms with Crippen molar-refractivity contribution in [2.75, 3.05) is 57.7 Å². The molecular formula is C33H45N3O5. The number of furan rings is 1.